The summed E-state index contributed by atoms with van der Waals surface area (Å²) in [6.07, 6.45) is 0.825. The number of amides is 1. The van der Waals surface area contributed by atoms with E-state index in [9.17, 15) is 10.1 Å². The minimum atomic E-state index is -0.319. The van der Waals surface area contributed by atoms with Gasteiger partial charge in [0.1, 0.15) is 11.1 Å². The quantitative estimate of drug-likeness (QED) is 0.712. The molecule has 3 rings (SSSR count). The summed E-state index contributed by atoms with van der Waals surface area (Å²) >= 11 is 13.4. The summed E-state index contributed by atoms with van der Waals surface area (Å²) in [4.78, 5) is 16.0. The first-order valence-corrected chi connectivity index (χ1v) is 9.52. The fourth-order valence-electron chi connectivity index (χ4n) is 2.93. The van der Waals surface area contributed by atoms with Crippen molar-refractivity contribution in [2.45, 2.75) is 32.9 Å². The average molecular weight is 431 g/mol. The van der Waals surface area contributed by atoms with Crippen LogP contribution >= 0.6 is 46.9 Å². The summed E-state index contributed by atoms with van der Waals surface area (Å²) in [7, 11) is 0. The van der Waals surface area contributed by atoms with E-state index in [0.29, 0.717) is 32.2 Å². The lowest BCUT2D eigenvalue weighted by Gasteiger charge is -2.30. The van der Waals surface area contributed by atoms with Gasteiger partial charge in [-0.2, -0.15) is 5.26 Å². The summed E-state index contributed by atoms with van der Waals surface area (Å²) in [5.41, 5.74) is 2.00. The van der Waals surface area contributed by atoms with E-state index in [0.717, 1.165) is 30.0 Å². The minimum Gasteiger partial charge on any atom is -0.312 e. The van der Waals surface area contributed by atoms with Crippen LogP contribution in [0.15, 0.2) is 18.2 Å². The van der Waals surface area contributed by atoms with Crippen LogP contribution in [0, 0.1) is 11.3 Å². The molecule has 1 amide bonds. The maximum atomic E-state index is 12.5. The Morgan fingerprint density at radius 2 is 1.96 bits per heavy atom. The average Bonchev–Trinajstić information content (AvgIpc) is 2.89. The van der Waals surface area contributed by atoms with Gasteiger partial charge in [0.25, 0.3) is 5.91 Å². The second-order valence-corrected chi connectivity index (χ2v) is 8.22. The number of halogens is 3. The number of nitrogens with zero attached hydrogens (tertiary/aromatic N) is 2. The molecule has 0 radical (unpaired) electrons. The van der Waals surface area contributed by atoms with E-state index < -0.39 is 0 Å². The van der Waals surface area contributed by atoms with Gasteiger partial charge in [0.15, 0.2) is 0 Å². The molecule has 2 heterocycles. The number of hydrogen-bond donors (Lipinski definition) is 1. The molecule has 0 saturated carbocycles. The third-order valence-corrected chi connectivity index (χ3v) is 5.85. The maximum Gasteiger partial charge on any atom is 0.256 e. The van der Waals surface area contributed by atoms with Crippen LogP contribution in [0.1, 0.15) is 40.2 Å². The van der Waals surface area contributed by atoms with Crippen molar-refractivity contribution in [1.82, 2.24) is 4.90 Å². The highest BCUT2D eigenvalue weighted by atomic mass is 35.5. The van der Waals surface area contributed by atoms with Crippen molar-refractivity contribution >= 4 is 57.9 Å². The van der Waals surface area contributed by atoms with Crippen LogP contribution in [0.25, 0.3) is 0 Å². The minimum absolute atomic E-state index is 0. The normalized spacial score (nSPS) is 13.7. The molecular weight excluding hydrogens is 413 g/mol. The maximum absolute atomic E-state index is 12.5. The summed E-state index contributed by atoms with van der Waals surface area (Å²) in [5.74, 6) is -0.319. The Balaban J connectivity index is 0.00000243. The molecule has 0 saturated heterocycles. The fraction of sp³-hybridized carbons (Fsp3) is 0.333. The zero-order chi connectivity index (χ0) is 18.1. The number of carbonyl (C=O) groups excluding carboxylic acids is 1. The second-order valence-electron chi connectivity index (χ2n) is 6.25. The number of benzene rings is 1. The number of anilines is 1. The largest absolute Gasteiger partial charge is 0.312 e. The number of thiophene rings is 1. The SMILES string of the molecule is CC(C)N1CCc2c(sc(NC(=O)c3cc(Cl)cc(Cl)c3)c2C#N)C1.Cl. The van der Waals surface area contributed by atoms with Crippen LogP contribution in [-0.2, 0) is 13.0 Å². The Bertz CT molecular complexity index is 853. The molecule has 1 aliphatic heterocycles. The Labute approximate surface area is 173 Å². The first-order valence-electron chi connectivity index (χ1n) is 7.95. The van der Waals surface area contributed by atoms with Crippen molar-refractivity contribution in [2.75, 3.05) is 11.9 Å². The molecule has 1 aliphatic rings. The van der Waals surface area contributed by atoms with Crippen LogP contribution in [-0.4, -0.2) is 23.4 Å². The van der Waals surface area contributed by atoms with E-state index in [2.05, 4.69) is 30.1 Å². The third-order valence-electron chi connectivity index (χ3n) is 4.28. The predicted octanol–water partition coefficient (Wildman–Crippen LogP) is 5.37. The Hall–Kier alpha value is -1.29. The summed E-state index contributed by atoms with van der Waals surface area (Å²) in [6, 6.07) is 7.39. The van der Waals surface area contributed by atoms with E-state index in [4.69, 9.17) is 23.2 Å². The molecule has 26 heavy (non-hydrogen) atoms. The Morgan fingerprint density at radius 3 is 2.54 bits per heavy atom. The van der Waals surface area contributed by atoms with Crippen molar-refractivity contribution in [1.29, 1.82) is 5.26 Å². The monoisotopic (exact) mass is 429 g/mol. The lowest BCUT2D eigenvalue weighted by atomic mass is 10.0. The molecule has 8 heteroatoms. The van der Waals surface area contributed by atoms with Gasteiger partial charge < -0.3 is 5.32 Å². The van der Waals surface area contributed by atoms with E-state index in [-0.39, 0.29) is 18.3 Å². The lowest BCUT2D eigenvalue weighted by Crippen LogP contribution is -2.35. The van der Waals surface area contributed by atoms with Gasteiger partial charge in [-0.05, 0) is 44.0 Å². The summed E-state index contributed by atoms with van der Waals surface area (Å²) in [5, 5.41) is 13.8. The Morgan fingerprint density at radius 1 is 1.31 bits per heavy atom. The fourth-order valence-corrected chi connectivity index (χ4v) is 4.68. The number of nitriles is 1. The number of nitrogens with one attached hydrogen (secondary N) is 1. The second kappa shape index (κ2) is 8.60. The number of rotatable bonds is 3. The molecular formula is C18H18Cl3N3OS. The highest BCUT2D eigenvalue weighted by Gasteiger charge is 2.26. The standard InChI is InChI=1S/C18H17Cl2N3OS.ClH/c1-10(2)23-4-3-14-15(8-21)18(25-16(14)9-23)22-17(24)11-5-12(19)7-13(20)6-11;/h5-7,10H,3-4,9H2,1-2H3,(H,22,24);1H. The zero-order valence-electron chi connectivity index (χ0n) is 14.3. The van der Waals surface area contributed by atoms with Gasteiger partial charge in [-0.1, -0.05) is 23.2 Å². The lowest BCUT2D eigenvalue weighted by molar-refractivity contribution is 0.102. The van der Waals surface area contributed by atoms with E-state index in [1.807, 2.05) is 0 Å². The molecule has 0 atom stereocenters. The van der Waals surface area contributed by atoms with Crippen LogP contribution in [0.3, 0.4) is 0 Å². The van der Waals surface area contributed by atoms with Gasteiger partial charge in [-0.15, -0.1) is 23.7 Å². The van der Waals surface area contributed by atoms with Gasteiger partial charge in [0.2, 0.25) is 0 Å². The number of fused-ring (bicyclic) bond motifs is 1. The van der Waals surface area contributed by atoms with Crippen molar-refractivity contribution < 1.29 is 4.79 Å². The molecule has 4 nitrogen and oxygen atoms in total. The highest BCUT2D eigenvalue weighted by molar-refractivity contribution is 7.16. The molecule has 138 valence electrons. The molecule has 0 bridgehead atoms. The summed E-state index contributed by atoms with van der Waals surface area (Å²) < 4.78 is 0. The van der Waals surface area contributed by atoms with Crippen molar-refractivity contribution in [3.8, 4) is 6.07 Å². The van der Waals surface area contributed by atoms with Crippen molar-refractivity contribution in [3.63, 3.8) is 0 Å². The van der Waals surface area contributed by atoms with Gasteiger partial charge in [0, 0.05) is 39.6 Å². The van der Waals surface area contributed by atoms with Crippen LogP contribution < -0.4 is 5.32 Å². The molecule has 0 aliphatic carbocycles. The third kappa shape index (κ3) is 4.33. The molecule has 0 unspecified atom stereocenters. The van der Waals surface area contributed by atoms with Crippen LogP contribution in [0.4, 0.5) is 5.00 Å². The van der Waals surface area contributed by atoms with Crippen LogP contribution in [0.5, 0.6) is 0 Å². The van der Waals surface area contributed by atoms with Gasteiger partial charge in [-0.25, -0.2) is 0 Å². The van der Waals surface area contributed by atoms with E-state index in [1.165, 1.54) is 11.3 Å². The first kappa shape index (κ1) is 21.0. The molecule has 1 N–H and O–H groups in total. The van der Waals surface area contributed by atoms with Crippen molar-refractivity contribution in [3.05, 3.63) is 49.8 Å². The highest BCUT2D eigenvalue weighted by Crippen LogP contribution is 2.37. The predicted molar refractivity (Wildman–Crippen MR) is 110 cm³/mol. The molecule has 0 fully saturated rings. The van der Waals surface area contributed by atoms with Gasteiger partial charge in [0.05, 0.1) is 5.56 Å². The molecule has 1 aromatic heterocycles. The molecule has 2 aromatic rings. The van der Waals surface area contributed by atoms with Gasteiger partial charge >= 0.3 is 0 Å². The van der Waals surface area contributed by atoms with Crippen LogP contribution in [0.2, 0.25) is 10.0 Å². The molecule has 1 aromatic carbocycles. The van der Waals surface area contributed by atoms with E-state index >= 15 is 0 Å². The Kier molecular flexibility index (Phi) is 6.95. The van der Waals surface area contributed by atoms with Crippen molar-refractivity contribution in [2.24, 2.45) is 0 Å². The number of hydrogen-bond acceptors (Lipinski definition) is 4. The summed E-state index contributed by atoms with van der Waals surface area (Å²) in [6.45, 7) is 6.06. The first-order chi connectivity index (χ1) is 11.9. The zero-order valence-corrected chi connectivity index (χ0v) is 17.5. The smallest absolute Gasteiger partial charge is 0.256 e. The topological polar surface area (TPSA) is 56.1 Å². The number of carbonyl (C=O) groups is 1. The van der Waals surface area contributed by atoms with E-state index in [1.54, 1.807) is 18.2 Å². The molecule has 0 spiro atoms. The van der Waals surface area contributed by atoms with Gasteiger partial charge in [-0.3, -0.25) is 9.69 Å².